The van der Waals surface area contributed by atoms with Crippen molar-refractivity contribution in [2.45, 2.75) is 161 Å². The molecule has 0 rings (SSSR count). The van der Waals surface area contributed by atoms with E-state index in [9.17, 15) is 43.8 Å². The molecule has 5 unspecified atom stereocenters. The zero-order chi connectivity index (χ0) is 54.5. The summed E-state index contributed by atoms with van der Waals surface area (Å²) in [6.07, 6.45) is 62.8. The van der Waals surface area contributed by atoms with Gasteiger partial charge in [-0.15, -0.1) is 0 Å². The minimum absolute atomic E-state index is 0.0468. The summed E-state index contributed by atoms with van der Waals surface area (Å²) < 4.78 is 53.0. The fourth-order valence-electron chi connectivity index (χ4n) is 5.85. The Bertz CT molecular complexity index is 1880. The number of phosphoric ester groups is 2. The summed E-state index contributed by atoms with van der Waals surface area (Å²) in [5, 5.41) is 30.1. The molecule has 0 radical (unpaired) electrons. The average molecular weight is 1080 g/mol. The first-order valence-electron chi connectivity index (χ1n) is 26.2. The summed E-state index contributed by atoms with van der Waals surface area (Å²) in [4.78, 5) is 43.8. The fraction of sp³-hybridized carbons (Fsp3) is 0.544. The molecule has 0 aromatic carbocycles. The first-order valence-corrected chi connectivity index (χ1v) is 29.2. The number of rotatable bonds is 48. The number of allylic oxidation sites excluding steroid dienone is 23. The van der Waals surface area contributed by atoms with Crippen LogP contribution in [-0.4, -0.2) is 95.0 Å². The van der Waals surface area contributed by atoms with Gasteiger partial charge in [0.1, 0.15) is 31.5 Å². The molecule has 5 atom stereocenters. The van der Waals surface area contributed by atoms with Gasteiger partial charge in [-0.3, -0.25) is 27.7 Å². The van der Waals surface area contributed by atoms with Crippen molar-refractivity contribution in [3.8, 4) is 0 Å². The minimum Gasteiger partial charge on any atom is -0.463 e. The molecular formula is C57H90O15P2. The summed E-state index contributed by atoms with van der Waals surface area (Å²) in [7, 11) is -9.63. The lowest BCUT2D eigenvalue weighted by molar-refractivity contribution is -0.147. The summed E-state index contributed by atoms with van der Waals surface area (Å²) in [6, 6.07) is 0. The van der Waals surface area contributed by atoms with Crippen molar-refractivity contribution in [2.24, 2.45) is 0 Å². The van der Waals surface area contributed by atoms with Crippen molar-refractivity contribution in [3.63, 3.8) is 0 Å². The van der Waals surface area contributed by atoms with E-state index in [2.05, 4.69) is 153 Å². The lowest BCUT2D eigenvalue weighted by Gasteiger charge is -2.19. The number of hydrogen-bond donors (Lipinski definition) is 5. The molecule has 74 heavy (non-hydrogen) atoms. The van der Waals surface area contributed by atoms with Crippen LogP contribution in [0, 0.1) is 0 Å². The molecule has 0 aromatic heterocycles. The maximum atomic E-state index is 12.2. The van der Waals surface area contributed by atoms with Crippen LogP contribution in [-0.2, 0) is 46.3 Å². The molecule has 0 aromatic rings. The van der Waals surface area contributed by atoms with E-state index in [1.165, 1.54) is 0 Å². The first-order chi connectivity index (χ1) is 35.8. The van der Waals surface area contributed by atoms with Crippen LogP contribution >= 0.6 is 15.6 Å². The molecule has 0 aliphatic carbocycles. The molecule has 0 fully saturated rings. The highest BCUT2D eigenvalue weighted by Crippen LogP contribution is 2.45. The topological polar surface area (TPSA) is 225 Å². The van der Waals surface area contributed by atoms with E-state index in [-0.39, 0.29) is 12.8 Å². The third kappa shape index (κ3) is 52.8. The third-order valence-electron chi connectivity index (χ3n) is 9.82. The number of unbranched alkanes of at least 4 members (excludes halogenated alkanes) is 5. The fourth-order valence-corrected chi connectivity index (χ4v) is 7.44. The first kappa shape index (κ1) is 69.9. The van der Waals surface area contributed by atoms with E-state index in [0.29, 0.717) is 12.8 Å². The number of phosphoric acid groups is 2. The van der Waals surface area contributed by atoms with Crippen LogP contribution < -0.4 is 0 Å². The maximum Gasteiger partial charge on any atom is 0.472 e. The van der Waals surface area contributed by atoms with E-state index in [4.69, 9.17) is 9.47 Å². The molecule has 0 saturated heterocycles. The summed E-state index contributed by atoms with van der Waals surface area (Å²) in [5.74, 6) is -1.15. The Balaban J connectivity index is 3.99. The highest BCUT2D eigenvalue weighted by Gasteiger charge is 2.28. The molecule has 0 spiro atoms. The van der Waals surface area contributed by atoms with E-state index in [1.807, 2.05) is 12.2 Å². The number of aliphatic hydroxyl groups excluding tert-OH is 3. The number of esters is 2. The predicted molar refractivity (Wildman–Crippen MR) is 297 cm³/mol. The Labute approximate surface area is 443 Å². The van der Waals surface area contributed by atoms with Crippen LogP contribution in [0.25, 0.3) is 0 Å². The van der Waals surface area contributed by atoms with E-state index in [0.717, 1.165) is 103 Å². The Morgan fingerprint density at radius 1 is 0.365 bits per heavy atom. The highest BCUT2D eigenvalue weighted by atomic mass is 31.2. The van der Waals surface area contributed by atoms with Gasteiger partial charge in [0.15, 0.2) is 0 Å². The van der Waals surface area contributed by atoms with Gasteiger partial charge in [0, 0.05) is 6.42 Å². The van der Waals surface area contributed by atoms with Gasteiger partial charge in [-0.05, 0) is 96.3 Å². The molecule has 0 amide bonds. The lowest BCUT2D eigenvalue weighted by Crippen LogP contribution is -2.25. The van der Waals surface area contributed by atoms with Gasteiger partial charge in [0.25, 0.3) is 0 Å². The van der Waals surface area contributed by atoms with Crippen molar-refractivity contribution < 1.29 is 71.4 Å². The summed E-state index contributed by atoms with van der Waals surface area (Å²) in [6.45, 7) is 0.0166. The molecule has 0 aliphatic heterocycles. The molecule has 0 heterocycles. The molecule has 5 N–H and O–H groups in total. The molecule has 0 aliphatic rings. The van der Waals surface area contributed by atoms with E-state index in [1.54, 1.807) is 12.2 Å². The second-order valence-electron chi connectivity index (χ2n) is 16.8. The quantitative estimate of drug-likeness (QED) is 0.0165. The monoisotopic (exact) mass is 1080 g/mol. The van der Waals surface area contributed by atoms with Crippen LogP contribution in [0.15, 0.2) is 146 Å². The zero-order valence-electron chi connectivity index (χ0n) is 44.2. The second-order valence-corrected chi connectivity index (χ2v) is 19.7. The standard InChI is InChI=1S/C57H90O15P2/c1-3-5-7-9-11-13-15-17-19-21-23-25-27-29-31-33-35-37-39-41-43-45-56(61)67-47-53(58)49-69-73(63,64)71-51-55(60)52-72-74(65,66)70-50-54(59)48-68-57(62)46-44-42-40-38-36-34-32-30-28-26-24-22-20-18-16-14-12-10-8-6-4-2/h5-8,11-14,17-20,23-26,29-32,35,37,41,43,53-55,58-60H,3-4,9-10,15-16,21-22,27-28,33-34,36,38-40,42,44-52H2,1-2H3,(H,63,64)(H,65,66)/b7-5-,8-6-,13-11-,14-12-,19-17-,20-18-,25-23-,26-24-,31-29-,32-30-,37-35-,43-41-. The second kappa shape index (κ2) is 51.0. The number of aliphatic hydroxyl groups is 3. The minimum atomic E-state index is -4.82. The van der Waals surface area contributed by atoms with Crippen molar-refractivity contribution in [1.82, 2.24) is 0 Å². The van der Waals surface area contributed by atoms with Gasteiger partial charge >= 0.3 is 27.6 Å². The average Bonchev–Trinajstić information content (AvgIpc) is 3.38. The largest absolute Gasteiger partial charge is 0.472 e. The third-order valence-corrected chi connectivity index (χ3v) is 11.7. The summed E-state index contributed by atoms with van der Waals surface area (Å²) >= 11 is 0. The lowest BCUT2D eigenvalue weighted by atomic mass is 10.1. The van der Waals surface area contributed by atoms with Gasteiger partial charge < -0.3 is 34.6 Å². The van der Waals surface area contributed by atoms with Crippen molar-refractivity contribution in [3.05, 3.63) is 146 Å². The molecular weight excluding hydrogens is 987 g/mol. The SMILES string of the molecule is CC/C=C\C/C=C\C/C=C\C/C=C\C/C=C\C/C=C\C/C=C\CC(=O)OCC(O)COP(=O)(O)OCC(O)COP(=O)(O)OCC(O)COC(=O)CCCCCCC/C=C\C/C=C\C/C=C\C/C=C\C/C=C\CC. The van der Waals surface area contributed by atoms with Gasteiger partial charge in [-0.2, -0.15) is 0 Å². The number of carbonyl (C=O) groups excluding carboxylic acids is 2. The Morgan fingerprint density at radius 2 is 0.635 bits per heavy atom. The van der Waals surface area contributed by atoms with Crippen LogP contribution in [0.4, 0.5) is 0 Å². The highest BCUT2D eigenvalue weighted by molar-refractivity contribution is 7.47. The van der Waals surface area contributed by atoms with Crippen molar-refractivity contribution >= 4 is 27.6 Å². The molecule has 15 nitrogen and oxygen atoms in total. The number of hydrogen-bond acceptors (Lipinski definition) is 13. The predicted octanol–water partition coefficient (Wildman–Crippen LogP) is 12.9. The normalized spacial score (nSPS) is 15.9. The zero-order valence-corrected chi connectivity index (χ0v) is 46.0. The van der Waals surface area contributed by atoms with E-state index >= 15 is 0 Å². The Morgan fingerprint density at radius 3 is 0.986 bits per heavy atom. The molecule has 0 saturated carbocycles. The van der Waals surface area contributed by atoms with Gasteiger partial charge in [0.05, 0.1) is 32.8 Å². The molecule has 418 valence electrons. The number of ether oxygens (including phenoxy) is 2. The number of carbonyl (C=O) groups is 2. The van der Waals surface area contributed by atoms with Crippen molar-refractivity contribution in [2.75, 3.05) is 39.6 Å². The smallest absolute Gasteiger partial charge is 0.463 e. The Kier molecular flexibility index (Phi) is 48.2. The van der Waals surface area contributed by atoms with Gasteiger partial charge in [-0.25, -0.2) is 9.13 Å². The summed E-state index contributed by atoms with van der Waals surface area (Å²) in [5.41, 5.74) is 0. The van der Waals surface area contributed by atoms with Gasteiger partial charge in [-0.1, -0.05) is 179 Å². The van der Waals surface area contributed by atoms with Crippen molar-refractivity contribution in [1.29, 1.82) is 0 Å². The van der Waals surface area contributed by atoms with Crippen LogP contribution in [0.5, 0.6) is 0 Å². The van der Waals surface area contributed by atoms with Crippen LogP contribution in [0.3, 0.4) is 0 Å². The molecule has 0 bridgehead atoms. The Hall–Kier alpha value is -4.08. The van der Waals surface area contributed by atoms with Gasteiger partial charge in [0.2, 0.25) is 0 Å². The van der Waals surface area contributed by atoms with Crippen LogP contribution in [0.2, 0.25) is 0 Å². The maximum absolute atomic E-state index is 12.2. The van der Waals surface area contributed by atoms with Crippen LogP contribution in [0.1, 0.15) is 142 Å². The van der Waals surface area contributed by atoms with E-state index < -0.39 is 85.5 Å². The molecule has 17 heteroatoms.